The summed E-state index contributed by atoms with van der Waals surface area (Å²) >= 11 is 0. The molecule has 1 atom stereocenters. The van der Waals surface area contributed by atoms with Crippen molar-refractivity contribution in [2.75, 3.05) is 6.61 Å². The molecule has 1 heterocycles. The van der Waals surface area contributed by atoms with Crippen molar-refractivity contribution in [2.24, 2.45) is 11.8 Å². The van der Waals surface area contributed by atoms with Crippen LogP contribution in [0.5, 0.6) is 0 Å². The van der Waals surface area contributed by atoms with Crippen molar-refractivity contribution in [3.05, 3.63) is 5.82 Å². The third kappa shape index (κ3) is 5.34. The highest BCUT2D eigenvalue weighted by atomic mass is 16.5. The molecule has 1 unspecified atom stereocenters. The molecule has 0 saturated heterocycles. The standard InChI is InChI=1S/C12H22N4O3/c1-4-5-19-8-11-13-14-15-16(11)7-10(12(17)18)6-9(2)3/h9-10H,4-8H2,1-3H3,(H,17,18). The van der Waals surface area contributed by atoms with Crippen molar-refractivity contribution in [1.29, 1.82) is 0 Å². The Kier molecular flexibility index (Phi) is 6.41. The fraction of sp³-hybridized carbons (Fsp3) is 0.833. The zero-order chi connectivity index (χ0) is 14.3. The number of ether oxygens (including phenoxy) is 1. The quantitative estimate of drug-likeness (QED) is 0.681. The van der Waals surface area contributed by atoms with Crippen LogP contribution in [0.25, 0.3) is 0 Å². The predicted octanol–water partition coefficient (Wildman–Crippen LogP) is 1.35. The molecule has 0 fully saturated rings. The lowest BCUT2D eigenvalue weighted by Gasteiger charge is -2.15. The molecule has 0 aliphatic carbocycles. The van der Waals surface area contributed by atoms with Crippen LogP contribution < -0.4 is 0 Å². The number of carbonyl (C=O) groups is 1. The summed E-state index contributed by atoms with van der Waals surface area (Å²) in [6, 6.07) is 0. The van der Waals surface area contributed by atoms with Gasteiger partial charge in [-0.3, -0.25) is 4.79 Å². The topological polar surface area (TPSA) is 90.1 Å². The average molecular weight is 270 g/mol. The van der Waals surface area contributed by atoms with Crippen LogP contribution in [0.4, 0.5) is 0 Å². The molecule has 0 amide bonds. The molecule has 1 aromatic heterocycles. The first kappa shape index (κ1) is 15.6. The summed E-state index contributed by atoms with van der Waals surface area (Å²) in [6.07, 6.45) is 1.52. The Labute approximate surface area is 112 Å². The number of carboxylic acid groups (broad SMARTS) is 1. The molecule has 0 bridgehead atoms. The SMILES string of the molecule is CCCOCc1nnnn1CC(CC(C)C)C(=O)O. The first-order valence-corrected chi connectivity index (χ1v) is 6.60. The molecule has 1 aromatic rings. The normalized spacial score (nSPS) is 12.8. The van der Waals surface area contributed by atoms with Gasteiger partial charge in [0.05, 0.1) is 12.5 Å². The van der Waals surface area contributed by atoms with Crippen molar-refractivity contribution in [3.8, 4) is 0 Å². The molecule has 1 rings (SSSR count). The fourth-order valence-corrected chi connectivity index (χ4v) is 1.81. The van der Waals surface area contributed by atoms with Gasteiger partial charge in [0.15, 0.2) is 5.82 Å². The van der Waals surface area contributed by atoms with Crippen molar-refractivity contribution < 1.29 is 14.6 Å². The molecule has 0 saturated carbocycles. The molecular weight excluding hydrogens is 248 g/mol. The van der Waals surface area contributed by atoms with E-state index in [2.05, 4.69) is 15.5 Å². The Balaban J connectivity index is 2.63. The van der Waals surface area contributed by atoms with Gasteiger partial charge in [0.2, 0.25) is 0 Å². The second-order valence-corrected chi connectivity index (χ2v) is 4.99. The Morgan fingerprint density at radius 3 is 2.79 bits per heavy atom. The lowest BCUT2D eigenvalue weighted by atomic mass is 9.97. The lowest BCUT2D eigenvalue weighted by Crippen LogP contribution is -2.24. The van der Waals surface area contributed by atoms with Gasteiger partial charge < -0.3 is 9.84 Å². The Bertz CT molecular complexity index is 392. The first-order valence-electron chi connectivity index (χ1n) is 6.60. The maximum absolute atomic E-state index is 11.2. The first-order chi connectivity index (χ1) is 9.04. The molecule has 0 spiro atoms. The van der Waals surface area contributed by atoms with E-state index < -0.39 is 11.9 Å². The Morgan fingerprint density at radius 1 is 1.47 bits per heavy atom. The molecule has 0 radical (unpaired) electrons. The summed E-state index contributed by atoms with van der Waals surface area (Å²) in [5.41, 5.74) is 0. The molecule has 0 aromatic carbocycles. The number of rotatable bonds is 9. The third-order valence-electron chi connectivity index (χ3n) is 2.68. The number of hydrogen-bond donors (Lipinski definition) is 1. The van der Waals surface area contributed by atoms with E-state index in [0.717, 1.165) is 6.42 Å². The van der Waals surface area contributed by atoms with E-state index in [0.29, 0.717) is 31.4 Å². The van der Waals surface area contributed by atoms with E-state index in [4.69, 9.17) is 4.74 Å². The number of tetrazole rings is 1. The fourth-order valence-electron chi connectivity index (χ4n) is 1.81. The largest absolute Gasteiger partial charge is 0.481 e. The summed E-state index contributed by atoms with van der Waals surface area (Å²) in [7, 11) is 0. The van der Waals surface area contributed by atoms with E-state index in [1.165, 1.54) is 4.68 Å². The zero-order valence-electron chi connectivity index (χ0n) is 11.7. The molecule has 108 valence electrons. The number of aromatic nitrogens is 4. The maximum Gasteiger partial charge on any atom is 0.308 e. The van der Waals surface area contributed by atoms with Crippen LogP contribution in [-0.2, 0) is 22.7 Å². The molecule has 1 N–H and O–H groups in total. The van der Waals surface area contributed by atoms with Gasteiger partial charge in [-0.1, -0.05) is 20.8 Å². The zero-order valence-corrected chi connectivity index (χ0v) is 11.7. The van der Waals surface area contributed by atoms with E-state index in [1.54, 1.807) is 0 Å². The van der Waals surface area contributed by atoms with Crippen LogP contribution in [0.1, 0.15) is 39.4 Å². The highest BCUT2D eigenvalue weighted by Crippen LogP contribution is 2.14. The van der Waals surface area contributed by atoms with Crippen LogP contribution >= 0.6 is 0 Å². The molecule has 7 heteroatoms. The molecule has 0 aliphatic heterocycles. The summed E-state index contributed by atoms with van der Waals surface area (Å²) in [6.45, 7) is 7.26. The second kappa shape index (κ2) is 7.83. The van der Waals surface area contributed by atoms with E-state index in [1.807, 2.05) is 20.8 Å². The number of nitrogens with zero attached hydrogens (tertiary/aromatic N) is 4. The maximum atomic E-state index is 11.2. The molecular formula is C12H22N4O3. The van der Waals surface area contributed by atoms with Crippen molar-refractivity contribution >= 4 is 5.97 Å². The molecule has 0 aliphatic rings. The van der Waals surface area contributed by atoms with Crippen molar-refractivity contribution in [1.82, 2.24) is 20.2 Å². The molecule has 19 heavy (non-hydrogen) atoms. The van der Waals surface area contributed by atoms with Gasteiger partial charge in [-0.15, -0.1) is 5.10 Å². The monoisotopic (exact) mass is 270 g/mol. The lowest BCUT2D eigenvalue weighted by molar-refractivity contribution is -0.142. The predicted molar refractivity (Wildman–Crippen MR) is 68.3 cm³/mol. The average Bonchev–Trinajstić information content (AvgIpc) is 2.75. The van der Waals surface area contributed by atoms with Crippen LogP contribution in [0, 0.1) is 11.8 Å². The highest BCUT2D eigenvalue weighted by Gasteiger charge is 2.21. The number of aliphatic carboxylic acids is 1. The number of hydrogen-bond acceptors (Lipinski definition) is 5. The summed E-state index contributed by atoms with van der Waals surface area (Å²) in [5, 5.41) is 20.5. The second-order valence-electron chi connectivity index (χ2n) is 4.99. The van der Waals surface area contributed by atoms with Crippen LogP contribution in [0.15, 0.2) is 0 Å². The number of carboxylic acids is 1. The molecule has 7 nitrogen and oxygen atoms in total. The third-order valence-corrected chi connectivity index (χ3v) is 2.68. The summed E-state index contributed by atoms with van der Waals surface area (Å²) < 4.78 is 6.90. The summed E-state index contributed by atoms with van der Waals surface area (Å²) in [4.78, 5) is 11.2. The highest BCUT2D eigenvalue weighted by molar-refractivity contribution is 5.69. The minimum Gasteiger partial charge on any atom is -0.481 e. The van der Waals surface area contributed by atoms with Crippen LogP contribution in [0.2, 0.25) is 0 Å². The summed E-state index contributed by atoms with van der Waals surface area (Å²) in [5.74, 6) is -0.404. The van der Waals surface area contributed by atoms with Gasteiger partial charge in [-0.25, -0.2) is 4.68 Å². The van der Waals surface area contributed by atoms with Gasteiger partial charge in [0.1, 0.15) is 6.61 Å². The van der Waals surface area contributed by atoms with E-state index >= 15 is 0 Å². The van der Waals surface area contributed by atoms with Gasteiger partial charge >= 0.3 is 5.97 Å². The van der Waals surface area contributed by atoms with Crippen LogP contribution in [-0.4, -0.2) is 37.9 Å². The van der Waals surface area contributed by atoms with Crippen LogP contribution in [0.3, 0.4) is 0 Å². The minimum atomic E-state index is -0.815. The van der Waals surface area contributed by atoms with E-state index in [-0.39, 0.29) is 6.54 Å². The van der Waals surface area contributed by atoms with Crippen molar-refractivity contribution in [2.45, 2.75) is 46.8 Å². The van der Waals surface area contributed by atoms with Gasteiger partial charge in [0, 0.05) is 6.61 Å². The minimum absolute atomic E-state index is 0.283. The van der Waals surface area contributed by atoms with Gasteiger partial charge in [-0.05, 0) is 29.2 Å². The van der Waals surface area contributed by atoms with Gasteiger partial charge in [0.25, 0.3) is 0 Å². The Morgan fingerprint density at radius 2 is 2.21 bits per heavy atom. The van der Waals surface area contributed by atoms with Gasteiger partial charge in [-0.2, -0.15) is 0 Å². The smallest absolute Gasteiger partial charge is 0.308 e. The van der Waals surface area contributed by atoms with E-state index in [9.17, 15) is 9.90 Å². The van der Waals surface area contributed by atoms with Crippen molar-refractivity contribution in [3.63, 3.8) is 0 Å². The Hall–Kier alpha value is -1.50.